The van der Waals surface area contributed by atoms with Gasteiger partial charge in [-0.15, -0.1) is 11.3 Å². The Bertz CT molecular complexity index is 1550. The molecule has 280 valence electrons. The fourth-order valence-electron chi connectivity index (χ4n) is 6.70. The number of thiophene rings is 1. The maximum Gasteiger partial charge on any atom is 0.490 e. The van der Waals surface area contributed by atoms with Gasteiger partial charge in [0.15, 0.2) is 0 Å². The molecule has 51 heavy (non-hydrogen) atoms. The number of amides is 2. The van der Waals surface area contributed by atoms with Gasteiger partial charge in [0.05, 0.1) is 4.88 Å². The molecule has 0 radical (unpaired) electrons. The first-order chi connectivity index (χ1) is 24.4. The fourth-order valence-corrected chi connectivity index (χ4v) is 7.75. The van der Waals surface area contributed by atoms with E-state index in [9.17, 15) is 22.8 Å². The molecule has 9 nitrogen and oxygen atoms in total. The van der Waals surface area contributed by atoms with Crippen molar-refractivity contribution < 1.29 is 37.4 Å². The number of carbonyl (C=O) groups is 3. The van der Waals surface area contributed by atoms with Crippen molar-refractivity contribution >= 4 is 39.2 Å². The van der Waals surface area contributed by atoms with Gasteiger partial charge in [-0.05, 0) is 87.6 Å². The molecule has 13 heteroatoms. The summed E-state index contributed by atoms with van der Waals surface area (Å²) in [4.78, 5) is 42.2. The molecule has 1 atom stereocenters. The Morgan fingerprint density at radius 3 is 2.20 bits per heavy atom. The minimum absolute atomic E-state index is 0.0198. The third-order valence-electron chi connectivity index (χ3n) is 9.51. The zero-order valence-corrected chi connectivity index (χ0v) is 30.4. The van der Waals surface area contributed by atoms with Crippen molar-refractivity contribution in [3.63, 3.8) is 0 Å². The number of aryl methyl sites for hydroxylation is 1. The summed E-state index contributed by atoms with van der Waals surface area (Å²) in [6.45, 7) is 12.3. The number of rotatable bonds is 15. The second-order valence-corrected chi connectivity index (χ2v) is 14.5. The lowest BCUT2D eigenvalue weighted by Gasteiger charge is -2.35. The largest absolute Gasteiger partial charge is 0.490 e. The molecule has 2 aromatic carbocycles. The van der Waals surface area contributed by atoms with E-state index in [1.54, 1.807) is 0 Å². The van der Waals surface area contributed by atoms with E-state index in [4.69, 9.17) is 14.6 Å². The number of piperazine rings is 1. The van der Waals surface area contributed by atoms with E-state index in [2.05, 4.69) is 69.8 Å². The number of hydrogen-bond acceptors (Lipinski definition) is 7. The average Bonchev–Trinajstić information content (AvgIpc) is 3.75. The van der Waals surface area contributed by atoms with Crippen molar-refractivity contribution in [2.45, 2.75) is 83.0 Å². The van der Waals surface area contributed by atoms with Crippen molar-refractivity contribution in [1.82, 2.24) is 20.4 Å². The molecule has 5 rings (SSSR count). The molecule has 3 aromatic rings. The minimum atomic E-state index is -5.08. The second-order valence-electron chi connectivity index (χ2n) is 13.4. The van der Waals surface area contributed by atoms with E-state index < -0.39 is 17.7 Å². The Labute approximate surface area is 302 Å². The number of carboxylic acids is 1. The maximum absolute atomic E-state index is 14.0. The van der Waals surface area contributed by atoms with E-state index in [1.807, 2.05) is 19.1 Å². The number of carboxylic acid groups (broad SMARTS) is 1. The Morgan fingerprint density at radius 2 is 1.59 bits per heavy atom. The van der Waals surface area contributed by atoms with Crippen LogP contribution >= 0.6 is 11.3 Å². The van der Waals surface area contributed by atoms with Crippen LogP contribution in [0.2, 0.25) is 0 Å². The molecule has 1 saturated heterocycles. The average molecular weight is 733 g/mol. The van der Waals surface area contributed by atoms with Gasteiger partial charge in [0.1, 0.15) is 5.54 Å². The number of alkyl halides is 3. The molecule has 2 amide bonds. The summed E-state index contributed by atoms with van der Waals surface area (Å²) >= 11 is 1.50. The number of hydrogen-bond donors (Lipinski definition) is 3. The van der Waals surface area contributed by atoms with Crippen LogP contribution < -0.4 is 10.6 Å². The minimum Gasteiger partial charge on any atom is -0.475 e. The summed E-state index contributed by atoms with van der Waals surface area (Å²) in [5.41, 5.74) is 1.55. The van der Waals surface area contributed by atoms with Crippen molar-refractivity contribution in [2.75, 3.05) is 52.5 Å². The van der Waals surface area contributed by atoms with Gasteiger partial charge in [-0.3, -0.25) is 9.59 Å². The summed E-state index contributed by atoms with van der Waals surface area (Å²) in [5, 5.41) is 14.8. The predicted molar refractivity (Wildman–Crippen MR) is 194 cm³/mol. The highest BCUT2D eigenvalue weighted by Crippen LogP contribution is 2.32. The Morgan fingerprint density at radius 1 is 0.961 bits per heavy atom. The van der Waals surface area contributed by atoms with Gasteiger partial charge in [-0.25, -0.2) is 4.79 Å². The SMILES string of the molecule is CCOCCCN1CCN(CCC[C@@H](Cc2ccccc2)NC(=O)C2(NC(=O)c3cc4ccc(C)cc4s3)CCCC2)CC1.O=C(O)C(F)(F)F. The first-order valence-corrected chi connectivity index (χ1v) is 18.7. The number of nitrogens with zero attached hydrogens (tertiary/aromatic N) is 2. The highest BCUT2D eigenvalue weighted by molar-refractivity contribution is 7.20. The highest BCUT2D eigenvalue weighted by atomic mass is 32.1. The van der Waals surface area contributed by atoms with Crippen LogP contribution in [-0.2, 0) is 20.7 Å². The number of ether oxygens (including phenoxy) is 1. The van der Waals surface area contributed by atoms with E-state index in [0.717, 1.165) is 101 Å². The fraction of sp³-hybridized carbons (Fsp3) is 0.553. The number of halogens is 3. The van der Waals surface area contributed by atoms with Gasteiger partial charge in [0.2, 0.25) is 5.91 Å². The summed E-state index contributed by atoms with van der Waals surface area (Å²) in [7, 11) is 0. The van der Waals surface area contributed by atoms with E-state index in [1.165, 1.54) is 22.5 Å². The Balaban J connectivity index is 0.000000755. The Kier molecular flexibility index (Phi) is 15.3. The molecular weight excluding hydrogens is 682 g/mol. The van der Waals surface area contributed by atoms with Gasteiger partial charge in [-0.1, -0.05) is 55.3 Å². The van der Waals surface area contributed by atoms with Gasteiger partial charge in [0.25, 0.3) is 5.91 Å². The van der Waals surface area contributed by atoms with Crippen molar-refractivity contribution in [3.8, 4) is 0 Å². The lowest BCUT2D eigenvalue weighted by atomic mass is 9.94. The molecule has 0 spiro atoms. The normalized spacial score (nSPS) is 17.0. The quantitative estimate of drug-likeness (QED) is 0.154. The van der Waals surface area contributed by atoms with Crippen LogP contribution in [0.3, 0.4) is 0 Å². The monoisotopic (exact) mass is 732 g/mol. The molecule has 1 saturated carbocycles. The highest BCUT2D eigenvalue weighted by Gasteiger charge is 2.43. The summed E-state index contributed by atoms with van der Waals surface area (Å²) in [5.74, 6) is -2.92. The standard InChI is InChI=1S/C36H50N4O3S.C2HF3O2/c1-3-43-24-10-19-40-22-20-39(21-23-40)18-9-13-31(26-29-11-5-4-6-12-29)37-35(42)36(16-7-8-17-36)38-34(41)33-27-30-15-14-28(2)25-32(30)44-33;3-2(4,5)1(6)7/h4-6,11-12,14-15,25,27,31H,3,7-10,13,16-24,26H2,1-2H3,(H,37,42)(H,38,41);(H,6,7)/t31-;/m0./s1. The number of nitrogens with one attached hydrogen (secondary N) is 2. The molecule has 1 aliphatic carbocycles. The lowest BCUT2D eigenvalue weighted by molar-refractivity contribution is -0.192. The molecule has 2 aliphatic rings. The van der Waals surface area contributed by atoms with Gasteiger partial charge in [0, 0.05) is 56.7 Å². The smallest absolute Gasteiger partial charge is 0.475 e. The molecule has 2 heterocycles. The van der Waals surface area contributed by atoms with Gasteiger partial charge < -0.3 is 30.3 Å². The van der Waals surface area contributed by atoms with Gasteiger partial charge >= 0.3 is 12.1 Å². The summed E-state index contributed by atoms with van der Waals surface area (Å²) < 4.78 is 38.3. The van der Waals surface area contributed by atoms with Crippen LogP contribution in [0.4, 0.5) is 13.2 Å². The van der Waals surface area contributed by atoms with E-state index >= 15 is 0 Å². The summed E-state index contributed by atoms with van der Waals surface area (Å²) in [6, 6.07) is 18.7. The summed E-state index contributed by atoms with van der Waals surface area (Å²) in [6.07, 6.45) is 2.00. The molecule has 3 N–H and O–H groups in total. The van der Waals surface area contributed by atoms with E-state index in [-0.39, 0.29) is 17.9 Å². The lowest BCUT2D eigenvalue weighted by Crippen LogP contribution is -2.59. The van der Waals surface area contributed by atoms with Crippen LogP contribution in [0.25, 0.3) is 10.1 Å². The third kappa shape index (κ3) is 12.6. The predicted octanol–water partition coefficient (Wildman–Crippen LogP) is 6.44. The number of fused-ring (bicyclic) bond motifs is 1. The third-order valence-corrected chi connectivity index (χ3v) is 10.6. The number of carbonyl (C=O) groups excluding carboxylic acids is 2. The molecule has 2 fully saturated rings. The second kappa shape index (κ2) is 19.4. The first-order valence-electron chi connectivity index (χ1n) is 17.9. The molecule has 0 unspecified atom stereocenters. The van der Waals surface area contributed by atoms with Gasteiger partial charge in [-0.2, -0.15) is 13.2 Å². The maximum atomic E-state index is 14.0. The van der Waals surface area contributed by atoms with Crippen LogP contribution in [0.1, 0.15) is 72.7 Å². The van der Waals surface area contributed by atoms with Crippen LogP contribution in [-0.4, -0.2) is 103 Å². The Hall–Kier alpha value is -3.52. The van der Waals surface area contributed by atoms with E-state index in [0.29, 0.717) is 17.7 Å². The van der Waals surface area contributed by atoms with Crippen LogP contribution in [0.15, 0.2) is 54.6 Å². The molecule has 1 aromatic heterocycles. The molecule has 0 bridgehead atoms. The zero-order valence-electron chi connectivity index (χ0n) is 29.6. The topological polar surface area (TPSA) is 111 Å². The van der Waals surface area contributed by atoms with Crippen molar-refractivity contribution in [1.29, 1.82) is 0 Å². The van der Waals surface area contributed by atoms with Crippen LogP contribution in [0.5, 0.6) is 0 Å². The first kappa shape index (κ1) is 40.3. The van der Waals surface area contributed by atoms with Crippen molar-refractivity contribution in [3.05, 3.63) is 70.6 Å². The molecule has 1 aliphatic heterocycles. The zero-order chi connectivity index (χ0) is 36.9. The number of benzene rings is 2. The molecular formula is C38H51F3N4O5S. The van der Waals surface area contributed by atoms with Crippen LogP contribution in [0, 0.1) is 6.92 Å². The van der Waals surface area contributed by atoms with Crippen molar-refractivity contribution in [2.24, 2.45) is 0 Å². The number of aliphatic carboxylic acids is 1.